The van der Waals surface area contributed by atoms with Crippen LogP contribution in [0.25, 0.3) is 0 Å². The Hall–Kier alpha value is -2.07. The fourth-order valence-corrected chi connectivity index (χ4v) is 5.21. The third-order valence-electron chi connectivity index (χ3n) is 5.92. The van der Waals surface area contributed by atoms with Crippen LogP contribution in [-0.2, 0) is 4.74 Å². The van der Waals surface area contributed by atoms with Gasteiger partial charge in [0.15, 0.2) is 0 Å². The Labute approximate surface area is 196 Å². The number of nitrogens with zero attached hydrogens (tertiary/aromatic N) is 3. The van der Waals surface area contributed by atoms with Gasteiger partial charge in [0.1, 0.15) is 5.02 Å². The van der Waals surface area contributed by atoms with Gasteiger partial charge in [-0.05, 0) is 67.8 Å². The van der Waals surface area contributed by atoms with E-state index < -0.39 is 5.91 Å². The van der Waals surface area contributed by atoms with Crippen molar-refractivity contribution in [3.63, 3.8) is 0 Å². The van der Waals surface area contributed by atoms with E-state index in [-0.39, 0.29) is 16.6 Å². The lowest BCUT2D eigenvalue weighted by Gasteiger charge is -2.31. The fraction of sp³-hybridized carbons (Fsp3) is 0.500. The van der Waals surface area contributed by atoms with Crippen LogP contribution < -0.4 is 16.6 Å². The first-order valence-electron chi connectivity index (χ1n) is 10.9. The SMILES string of the molecule is NC(=O)c1ccc(SN2CCC(n3ncc(NCC4CCCOC4)c(Cl)c3=O)CC2)cc1. The van der Waals surface area contributed by atoms with Crippen LogP contribution in [0.2, 0.25) is 5.02 Å². The Morgan fingerprint density at radius 2 is 2.00 bits per heavy atom. The zero-order valence-electron chi connectivity index (χ0n) is 17.8. The third-order valence-corrected chi connectivity index (χ3v) is 7.39. The summed E-state index contributed by atoms with van der Waals surface area (Å²) in [7, 11) is 0. The number of rotatable bonds is 7. The molecule has 0 bridgehead atoms. The lowest BCUT2D eigenvalue weighted by molar-refractivity contribution is 0.0595. The minimum atomic E-state index is -0.428. The lowest BCUT2D eigenvalue weighted by Crippen LogP contribution is -2.36. The summed E-state index contributed by atoms with van der Waals surface area (Å²) in [6.07, 6.45) is 5.45. The van der Waals surface area contributed by atoms with Crippen LogP contribution in [0, 0.1) is 5.92 Å². The van der Waals surface area contributed by atoms with Crippen molar-refractivity contribution in [3.8, 4) is 0 Å². The second kappa shape index (κ2) is 10.7. The minimum Gasteiger partial charge on any atom is -0.382 e. The Morgan fingerprint density at radius 3 is 2.66 bits per heavy atom. The smallest absolute Gasteiger partial charge is 0.287 e. The number of carbonyl (C=O) groups excluding carboxylic acids is 1. The lowest BCUT2D eigenvalue weighted by atomic mass is 10.0. The van der Waals surface area contributed by atoms with Crippen molar-refractivity contribution >= 4 is 35.1 Å². The van der Waals surface area contributed by atoms with Crippen molar-refractivity contribution < 1.29 is 9.53 Å². The summed E-state index contributed by atoms with van der Waals surface area (Å²) >= 11 is 8.03. The van der Waals surface area contributed by atoms with Gasteiger partial charge in [0, 0.05) is 36.7 Å². The molecule has 1 aromatic carbocycles. The van der Waals surface area contributed by atoms with E-state index in [0.717, 1.165) is 63.4 Å². The molecule has 2 aromatic rings. The average molecular weight is 478 g/mol. The maximum Gasteiger partial charge on any atom is 0.287 e. The molecule has 0 radical (unpaired) electrons. The molecule has 1 aromatic heterocycles. The summed E-state index contributed by atoms with van der Waals surface area (Å²) in [5, 5.41) is 7.89. The molecule has 0 spiro atoms. The fourth-order valence-electron chi connectivity index (χ4n) is 4.06. The topological polar surface area (TPSA) is 102 Å². The number of primary amides is 1. The van der Waals surface area contributed by atoms with Crippen LogP contribution in [0.4, 0.5) is 5.69 Å². The average Bonchev–Trinajstić information content (AvgIpc) is 2.82. The first kappa shape index (κ1) is 23.1. The number of benzene rings is 1. The molecule has 0 aliphatic carbocycles. The largest absolute Gasteiger partial charge is 0.382 e. The summed E-state index contributed by atoms with van der Waals surface area (Å²) in [5.41, 5.74) is 6.14. The van der Waals surface area contributed by atoms with Gasteiger partial charge in [-0.25, -0.2) is 8.99 Å². The van der Waals surface area contributed by atoms with Crippen molar-refractivity contribution in [3.05, 3.63) is 51.4 Å². The van der Waals surface area contributed by atoms with Gasteiger partial charge >= 0.3 is 0 Å². The normalized spacial score (nSPS) is 20.2. The molecule has 1 atom stereocenters. The molecule has 3 heterocycles. The number of halogens is 1. The number of piperidine rings is 1. The highest BCUT2D eigenvalue weighted by Gasteiger charge is 2.24. The first-order chi connectivity index (χ1) is 15.5. The molecule has 172 valence electrons. The second-order valence-electron chi connectivity index (χ2n) is 8.23. The molecule has 4 rings (SSSR count). The summed E-state index contributed by atoms with van der Waals surface area (Å²) in [6.45, 7) is 3.93. The molecule has 0 saturated carbocycles. The summed E-state index contributed by atoms with van der Waals surface area (Å²) in [6, 6.07) is 7.29. The Morgan fingerprint density at radius 1 is 1.25 bits per heavy atom. The van der Waals surface area contributed by atoms with Gasteiger partial charge in [-0.15, -0.1) is 0 Å². The maximum absolute atomic E-state index is 12.8. The van der Waals surface area contributed by atoms with Crippen LogP contribution in [0.5, 0.6) is 0 Å². The van der Waals surface area contributed by atoms with Gasteiger partial charge < -0.3 is 15.8 Å². The van der Waals surface area contributed by atoms with Crippen molar-refractivity contribution in [2.75, 3.05) is 38.2 Å². The Kier molecular flexibility index (Phi) is 7.72. The summed E-state index contributed by atoms with van der Waals surface area (Å²) in [4.78, 5) is 25.1. The van der Waals surface area contributed by atoms with E-state index in [1.165, 1.54) is 4.68 Å². The molecule has 2 aliphatic heterocycles. The van der Waals surface area contributed by atoms with Gasteiger partial charge in [0.2, 0.25) is 5.91 Å². The molecular formula is C22H28ClN5O3S. The van der Waals surface area contributed by atoms with Crippen molar-refractivity contribution in [2.24, 2.45) is 11.7 Å². The van der Waals surface area contributed by atoms with E-state index >= 15 is 0 Å². The quantitative estimate of drug-likeness (QED) is 0.590. The molecule has 8 nitrogen and oxygen atoms in total. The number of ether oxygens (including phenoxy) is 1. The highest BCUT2D eigenvalue weighted by molar-refractivity contribution is 7.97. The zero-order valence-corrected chi connectivity index (χ0v) is 19.4. The monoisotopic (exact) mass is 477 g/mol. The predicted octanol–water partition coefficient (Wildman–Crippen LogP) is 3.18. The predicted molar refractivity (Wildman–Crippen MR) is 126 cm³/mol. The van der Waals surface area contributed by atoms with Gasteiger partial charge in [0.05, 0.1) is 24.5 Å². The van der Waals surface area contributed by atoms with Crippen LogP contribution >= 0.6 is 23.5 Å². The summed E-state index contributed by atoms with van der Waals surface area (Å²) < 4.78 is 9.29. The van der Waals surface area contributed by atoms with E-state index in [2.05, 4.69) is 14.7 Å². The van der Waals surface area contributed by atoms with Gasteiger partial charge in [-0.2, -0.15) is 5.10 Å². The standard InChI is InChI=1S/C22H28ClN5O3S/c23-20-19(25-12-15-2-1-11-31-14-15)13-26-28(22(20)30)17-7-9-27(10-8-17)32-18-5-3-16(4-6-18)21(24)29/h3-6,13,15,17,25H,1-2,7-12,14H2,(H2,24,29). The molecule has 3 N–H and O–H groups in total. The number of hydrogen-bond donors (Lipinski definition) is 2. The number of aromatic nitrogens is 2. The van der Waals surface area contributed by atoms with Crippen LogP contribution in [0.3, 0.4) is 0 Å². The van der Waals surface area contributed by atoms with E-state index in [4.69, 9.17) is 22.1 Å². The van der Waals surface area contributed by atoms with Crippen LogP contribution in [-0.4, -0.2) is 52.8 Å². The Balaban J connectivity index is 1.32. The highest BCUT2D eigenvalue weighted by Crippen LogP contribution is 2.30. The van der Waals surface area contributed by atoms with Crippen LogP contribution in [0.1, 0.15) is 42.1 Å². The van der Waals surface area contributed by atoms with Crippen molar-refractivity contribution in [1.82, 2.24) is 14.1 Å². The molecule has 2 saturated heterocycles. The second-order valence-corrected chi connectivity index (χ2v) is 9.77. The van der Waals surface area contributed by atoms with Gasteiger partial charge in [0.25, 0.3) is 5.56 Å². The third kappa shape index (κ3) is 5.64. The summed E-state index contributed by atoms with van der Waals surface area (Å²) in [5.74, 6) is -0.000684. The van der Waals surface area contributed by atoms with E-state index in [1.807, 2.05) is 12.1 Å². The van der Waals surface area contributed by atoms with Gasteiger partial charge in [-0.3, -0.25) is 9.59 Å². The number of carbonyl (C=O) groups is 1. The first-order valence-corrected chi connectivity index (χ1v) is 12.1. The molecule has 2 aliphatic rings. The van der Waals surface area contributed by atoms with Gasteiger partial charge in [-0.1, -0.05) is 11.6 Å². The van der Waals surface area contributed by atoms with E-state index in [1.54, 1.807) is 30.3 Å². The Bertz CT molecular complexity index is 986. The minimum absolute atomic E-state index is 0.0230. The molecule has 32 heavy (non-hydrogen) atoms. The molecule has 10 heteroatoms. The van der Waals surface area contributed by atoms with E-state index in [9.17, 15) is 9.59 Å². The van der Waals surface area contributed by atoms with E-state index in [0.29, 0.717) is 17.2 Å². The molecule has 1 unspecified atom stereocenters. The molecular weight excluding hydrogens is 450 g/mol. The number of anilines is 1. The zero-order chi connectivity index (χ0) is 22.5. The van der Waals surface area contributed by atoms with Crippen molar-refractivity contribution in [1.29, 1.82) is 0 Å². The maximum atomic E-state index is 12.8. The van der Waals surface area contributed by atoms with Crippen molar-refractivity contribution in [2.45, 2.75) is 36.6 Å². The number of nitrogens with one attached hydrogen (secondary N) is 1. The van der Waals surface area contributed by atoms with Crippen LogP contribution in [0.15, 0.2) is 40.2 Å². The highest BCUT2D eigenvalue weighted by atomic mass is 35.5. The number of amides is 1. The molecule has 1 amide bonds. The molecule has 2 fully saturated rings. The number of hydrogen-bond acceptors (Lipinski definition) is 7. The number of nitrogens with two attached hydrogens (primary N) is 1.